The minimum absolute atomic E-state index is 0.414. The number of hydrogen-bond acceptors (Lipinski definition) is 3. The number of aromatic nitrogens is 2. The van der Waals surface area contributed by atoms with E-state index >= 15 is 0 Å². The molecule has 2 heterocycles. The molecule has 0 N–H and O–H groups in total. The van der Waals surface area contributed by atoms with Crippen LogP contribution in [0.1, 0.15) is 22.3 Å². The van der Waals surface area contributed by atoms with Gasteiger partial charge in [0.2, 0.25) is 0 Å². The van der Waals surface area contributed by atoms with Gasteiger partial charge in [-0.15, -0.1) is 0 Å². The lowest BCUT2D eigenvalue weighted by atomic mass is 9.67. The summed E-state index contributed by atoms with van der Waals surface area (Å²) in [5, 5.41) is 2.25. The molecule has 0 unspecified atom stereocenters. The zero-order valence-electron chi connectivity index (χ0n) is 33.7. The van der Waals surface area contributed by atoms with Crippen molar-refractivity contribution < 1.29 is 4.42 Å². The van der Waals surface area contributed by atoms with Gasteiger partial charge in [-0.25, -0.2) is 9.97 Å². The van der Waals surface area contributed by atoms with Gasteiger partial charge in [-0.1, -0.05) is 206 Å². The summed E-state index contributed by atoms with van der Waals surface area (Å²) in [4.78, 5) is 10.2. The Kier molecular flexibility index (Phi) is 8.39. The first-order chi connectivity index (χ1) is 30.7. The topological polar surface area (TPSA) is 38.9 Å². The molecule has 11 aromatic rings. The second kappa shape index (κ2) is 14.5. The maximum atomic E-state index is 6.09. The van der Waals surface area contributed by atoms with Gasteiger partial charge in [0.1, 0.15) is 11.2 Å². The molecule has 1 aliphatic rings. The molecule has 0 saturated heterocycles. The van der Waals surface area contributed by atoms with Crippen LogP contribution < -0.4 is 0 Å². The summed E-state index contributed by atoms with van der Waals surface area (Å²) >= 11 is 0. The normalized spacial score (nSPS) is 12.6. The smallest absolute Gasteiger partial charge is 0.160 e. The van der Waals surface area contributed by atoms with E-state index in [4.69, 9.17) is 14.4 Å². The summed E-state index contributed by atoms with van der Waals surface area (Å²) in [5.74, 6) is 0.696. The van der Waals surface area contributed by atoms with E-state index in [-0.39, 0.29) is 0 Å². The highest BCUT2D eigenvalue weighted by atomic mass is 16.3. The van der Waals surface area contributed by atoms with E-state index in [1.54, 1.807) is 0 Å². The maximum Gasteiger partial charge on any atom is 0.160 e. The Labute approximate surface area is 360 Å². The SMILES string of the molecule is c1ccc(-c2nc(-c3ccc(-c4ccc(C5(c6ccccc6)c6ccccc6-c6ccccc65)cc4)cc3)cc(-c3ccc(-c4ccc5oc6ccccc6c5c4)cc3)n2)cc1. The van der Waals surface area contributed by atoms with Crippen molar-refractivity contribution in [2.24, 2.45) is 0 Å². The molecule has 0 fully saturated rings. The van der Waals surface area contributed by atoms with Gasteiger partial charge < -0.3 is 4.42 Å². The molecular formula is C59H38N2O. The van der Waals surface area contributed by atoms with Crippen LogP contribution >= 0.6 is 0 Å². The van der Waals surface area contributed by atoms with Gasteiger partial charge in [0.05, 0.1) is 16.8 Å². The third-order valence-corrected chi connectivity index (χ3v) is 12.6. The zero-order chi connectivity index (χ0) is 41.0. The van der Waals surface area contributed by atoms with Crippen molar-refractivity contribution in [1.29, 1.82) is 0 Å². The van der Waals surface area contributed by atoms with Gasteiger partial charge in [0, 0.05) is 27.5 Å². The summed E-state index contributed by atoms with van der Waals surface area (Å²) < 4.78 is 6.09. The van der Waals surface area contributed by atoms with Crippen LogP contribution in [0.5, 0.6) is 0 Å². The summed E-state index contributed by atoms with van der Waals surface area (Å²) in [5.41, 5.74) is 18.5. The van der Waals surface area contributed by atoms with Crippen molar-refractivity contribution in [2.45, 2.75) is 5.41 Å². The highest BCUT2D eigenvalue weighted by molar-refractivity contribution is 6.06. The minimum atomic E-state index is -0.414. The van der Waals surface area contributed by atoms with Crippen molar-refractivity contribution in [2.75, 3.05) is 0 Å². The second-order valence-electron chi connectivity index (χ2n) is 16.1. The van der Waals surface area contributed by atoms with Crippen molar-refractivity contribution in [1.82, 2.24) is 9.97 Å². The average molecular weight is 791 g/mol. The zero-order valence-corrected chi connectivity index (χ0v) is 33.7. The summed E-state index contributed by atoms with van der Waals surface area (Å²) in [6.45, 7) is 0. The lowest BCUT2D eigenvalue weighted by Crippen LogP contribution is -2.28. The molecule has 0 amide bonds. The summed E-state index contributed by atoms with van der Waals surface area (Å²) in [6.07, 6.45) is 0. The van der Waals surface area contributed by atoms with Gasteiger partial charge in [-0.2, -0.15) is 0 Å². The van der Waals surface area contributed by atoms with Gasteiger partial charge in [-0.05, 0) is 79.9 Å². The number of benzene rings is 9. The quantitative estimate of drug-likeness (QED) is 0.161. The van der Waals surface area contributed by atoms with Gasteiger partial charge in [0.15, 0.2) is 5.82 Å². The molecule has 0 saturated carbocycles. The molecule has 1 aliphatic carbocycles. The molecule has 2 aromatic heterocycles. The number of hydrogen-bond donors (Lipinski definition) is 0. The molecular weight excluding hydrogens is 753 g/mol. The number of para-hydroxylation sites is 1. The van der Waals surface area contributed by atoms with Crippen LogP contribution in [0.25, 0.3) is 89.2 Å². The van der Waals surface area contributed by atoms with E-state index in [0.717, 1.165) is 72.3 Å². The van der Waals surface area contributed by atoms with E-state index in [0.29, 0.717) is 5.82 Å². The molecule has 9 aromatic carbocycles. The molecule has 0 spiro atoms. The maximum absolute atomic E-state index is 6.09. The van der Waals surface area contributed by atoms with Crippen LogP contribution in [0.3, 0.4) is 0 Å². The monoisotopic (exact) mass is 790 g/mol. The van der Waals surface area contributed by atoms with Crippen molar-refractivity contribution in [3.63, 3.8) is 0 Å². The molecule has 12 rings (SSSR count). The Balaban J connectivity index is 0.883. The molecule has 0 bridgehead atoms. The van der Waals surface area contributed by atoms with Crippen molar-refractivity contribution in [3.8, 4) is 67.3 Å². The van der Waals surface area contributed by atoms with Gasteiger partial charge in [0.25, 0.3) is 0 Å². The van der Waals surface area contributed by atoms with E-state index in [1.807, 2.05) is 30.3 Å². The molecule has 3 heteroatoms. The Morgan fingerprint density at radius 3 is 1.39 bits per heavy atom. The fourth-order valence-electron chi connectivity index (χ4n) is 9.66. The lowest BCUT2D eigenvalue weighted by Gasteiger charge is -2.34. The standard InChI is InChI=1S/C59H38N2O/c1-3-13-44(14-4-1)58-60-54(38-55(61-58)43-29-25-41(26-30-43)45-33-36-57-51(37-45)50-19-9-12-22-56(50)62-57)42-27-23-39(24-28-42)40-31-34-47(35-32-40)59(46-15-5-2-6-16-46)52-20-10-7-17-48(52)49-18-8-11-21-53(49)59/h1-38H. The second-order valence-corrected chi connectivity index (χ2v) is 16.1. The fraction of sp³-hybridized carbons (Fsp3) is 0.0169. The molecule has 290 valence electrons. The molecule has 3 nitrogen and oxygen atoms in total. The van der Waals surface area contributed by atoms with Gasteiger partial charge >= 0.3 is 0 Å². The van der Waals surface area contributed by atoms with E-state index in [2.05, 4.69) is 200 Å². The average Bonchev–Trinajstić information content (AvgIpc) is 3.88. The van der Waals surface area contributed by atoms with E-state index in [9.17, 15) is 0 Å². The van der Waals surface area contributed by atoms with Crippen molar-refractivity contribution in [3.05, 3.63) is 253 Å². The predicted octanol–water partition coefficient (Wildman–Crippen LogP) is 15.1. The molecule has 0 atom stereocenters. The molecule has 62 heavy (non-hydrogen) atoms. The van der Waals surface area contributed by atoms with E-state index in [1.165, 1.54) is 33.4 Å². The Hall–Kier alpha value is -8.14. The van der Waals surface area contributed by atoms with Crippen LogP contribution in [0.2, 0.25) is 0 Å². The highest BCUT2D eigenvalue weighted by Crippen LogP contribution is 2.56. The molecule has 0 radical (unpaired) electrons. The Bertz CT molecular complexity index is 3380. The summed E-state index contributed by atoms with van der Waals surface area (Å²) in [6, 6.07) is 82.3. The third kappa shape index (κ3) is 5.82. The lowest BCUT2D eigenvalue weighted by molar-refractivity contribution is 0.669. The predicted molar refractivity (Wildman–Crippen MR) is 254 cm³/mol. The first-order valence-corrected chi connectivity index (χ1v) is 21.1. The third-order valence-electron chi connectivity index (χ3n) is 12.6. The minimum Gasteiger partial charge on any atom is -0.456 e. The summed E-state index contributed by atoms with van der Waals surface area (Å²) in [7, 11) is 0. The number of rotatable bonds is 7. The van der Waals surface area contributed by atoms with Crippen LogP contribution in [0.4, 0.5) is 0 Å². The number of furan rings is 1. The van der Waals surface area contributed by atoms with Crippen LogP contribution in [-0.2, 0) is 5.41 Å². The Morgan fingerprint density at radius 2 is 0.758 bits per heavy atom. The Morgan fingerprint density at radius 1 is 0.306 bits per heavy atom. The molecule has 0 aliphatic heterocycles. The van der Waals surface area contributed by atoms with Gasteiger partial charge in [-0.3, -0.25) is 0 Å². The largest absolute Gasteiger partial charge is 0.456 e. The van der Waals surface area contributed by atoms with E-state index < -0.39 is 5.41 Å². The number of fused-ring (bicyclic) bond motifs is 6. The first kappa shape index (κ1) is 35.8. The van der Waals surface area contributed by atoms with Crippen molar-refractivity contribution >= 4 is 21.9 Å². The highest BCUT2D eigenvalue weighted by Gasteiger charge is 2.45. The number of nitrogens with zero attached hydrogens (tertiary/aromatic N) is 2. The fourth-order valence-corrected chi connectivity index (χ4v) is 9.66. The van der Waals surface area contributed by atoms with Crippen LogP contribution in [0, 0.1) is 0 Å². The van der Waals surface area contributed by atoms with Crippen LogP contribution in [-0.4, -0.2) is 9.97 Å². The van der Waals surface area contributed by atoms with Crippen LogP contribution in [0.15, 0.2) is 235 Å². The first-order valence-electron chi connectivity index (χ1n) is 21.1.